The van der Waals surface area contributed by atoms with Crippen LogP contribution in [0.4, 0.5) is 11.8 Å². The summed E-state index contributed by atoms with van der Waals surface area (Å²) in [7, 11) is 0. The maximum atomic E-state index is 12.9. The van der Waals surface area contributed by atoms with Crippen LogP contribution < -0.4 is 10.6 Å². The topological polar surface area (TPSA) is 113 Å². The Morgan fingerprint density at radius 2 is 2.00 bits per heavy atom. The van der Waals surface area contributed by atoms with Crippen LogP contribution in [-0.4, -0.2) is 80.4 Å². The first kappa shape index (κ1) is 21.3. The number of hydrogen-bond acceptors (Lipinski definition) is 7. The molecule has 4 rings (SSSR count). The molecule has 2 aromatic rings. The molecule has 2 N–H and O–H groups in total. The number of carbonyl (C=O) groups excluding carboxylic acids is 2. The largest absolute Gasteiger partial charge is 0.382 e. The Morgan fingerprint density at radius 1 is 1.19 bits per heavy atom. The predicted molar refractivity (Wildman–Crippen MR) is 118 cm³/mol. The second kappa shape index (κ2) is 9.07. The van der Waals surface area contributed by atoms with E-state index in [0.29, 0.717) is 49.0 Å². The van der Waals surface area contributed by atoms with Crippen LogP contribution in [0, 0.1) is 5.92 Å². The van der Waals surface area contributed by atoms with Crippen LogP contribution >= 0.6 is 0 Å². The fourth-order valence-corrected chi connectivity index (χ4v) is 4.58. The smallest absolute Gasteiger partial charge is 0.229 e. The highest BCUT2D eigenvalue weighted by Gasteiger charge is 2.30. The first-order valence-corrected chi connectivity index (χ1v) is 11.3. The molecule has 10 nitrogen and oxygen atoms in total. The minimum absolute atomic E-state index is 0.0553. The van der Waals surface area contributed by atoms with E-state index in [-0.39, 0.29) is 17.7 Å². The van der Waals surface area contributed by atoms with Crippen molar-refractivity contribution in [2.75, 3.05) is 49.9 Å². The fraction of sp³-hybridized carbons (Fsp3) is 0.667. The van der Waals surface area contributed by atoms with Crippen molar-refractivity contribution in [1.82, 2.24) is 29.3 Å². The van der Waals surface area contributed by atoms with Crippen LogP contribution in [0.3, 0.4) is 0 Å². The zero-order valence-electron chi connectivity index (χ0n) is 18.5. The molecule has 2 aliphatic heterocycles. The number of anilines is 2. The van der Waals surface area contributed by atoms with E-state index in [2.05, 4.69) is 14.9 Å². The van der Waals surface area contributed by atoms with E-state index in [1.807, 2.05) is 28.2 Å². The zero-order valence-corrected chi connectivity index (χ0v) is 18.5. The van der Waals surface area contributed by atoms with Crippen molar-refractivity contribution in [2.24, 2.45) is 5.92 Å². The van der Waals surface area contributed by atoms with Gasteiger partial charge in [-0.05, 0) is 33.1 Å². The number of carbonyl (C=O) groups is 2. The molecule has 0 bridgehead atoms. The minimum Gasteiger partial charge on any atom is -0.382 e. The molecule has 2 saturated heterocycles. The first-order valence-electron chi connectivity index (χ1n) is 11.3. The third kappa shape index (κ3) is 4.28. The number of nitrogens with zero attached hydrogens (tertiary/aromatic N) is 7. The van der Waals surface area contributed by atoms with Crippen molar-refractivity contribution in [3.05, 3.63) is 6.33 Å². The standard InChI is InChI=1S/C21H32N8O2/c1-3-26(4-2)20(31)15-7-5-10-28(13-15)21-24-18(22)17-19(25-21)29(14-23-17)12-11-27-9-6-8-16(27)30/h14-15H,3-13H2,1-2H3,(H2,22,24,25). The minimum atomic E-state index is -0.0553. The number of rotatable bonds is 7. The molecule has 2 aromatic heterocycles. The Morgan fingerprint density at radius 3 is 2.71 bits per heavy atom. The van der Waals surface area contributed by atoms with Gasteiger partial charge in [0.1, 0.15) is 5.52 Å². The van der Waals surface area contributed by atoms with Crippen LogP contribution in [0.15, 0.2) is 6.33 Å². The monoisotopic (exact) mass is 428 g/mol. The number of likely N-dealkylation sites (tertiary alicyclic amines) is 1. The molecule has 10 heteroatoms. The molecule has 0 aliphatic carbocycles. The van der Waals surface area contributed by atoms with Gasteiger partial charge in [-0.15, -0.1) is 0 Å². The summed E-state index contributed by atoms with van der Waals surface area (Å²) in [6, 6.07) is 0. The second-order valence-electron chi connectivity index (χ2n) is 8.30. The van der Waals surface area contributed by atoms with E-state index in [1.54, 1.807) is 6.33 Å². The van der Waals surface area contributed by atoms with E-state index in [4.69, 9.17) is 10.7 Å². The van der Waals surface area contributed by atoms with Gasteiger partial charge in [-0.1, -0.05) is 0 Å². The molecule has 0 aromatic carbocycles. The molecule has 4 heterocycles. The van der Waals surface area contributed by atoms with Crippen LogP contribution in [0.5, 0.6) is 0 Å². The quantitative estimate of drug-likeness (QED) is 0.703. The van der Waals surface area contributed by atoms with E-state index in [0.717, 1.165) is 45.4 Å². The number of fused-ring (bicyclic) bond motifs is 1. The van der Waals surface area contributed by atoms with E-state index < -0.39 is 0 Å². The average molecular weight is 429 g/mol. The lowest BCUT2D eigenvalue weighted by Crippen LogP contribution is -2.45. The van der Waals surface area contributed by atoms with Gasteiger partial charge in [-0.3, -0.25) is 9.59 Å². The molecule has 0 spiro atoms. The third-order valence-electron chi connectivity index (χ3n) is 6.39. The Bertz CT molecular complexity index is 954. The summed E-state index contributed by atoms with van der Waals surface area (Å²) in [5, 5.41) is 0. The zero-order chi connectivity index (χ0) is 22.0. The highest BCUT2D eigenvalue weighted by molar-refractivity contribution is 5.83. The molecule has 1 atom stereocenters. The van der Waals surface area contributed by atoms with Crippen molar-refractivity contribution in [3.8, 4) is 0 Å². The average Bonchev–Trinajstić information content (AvgIpc) is 3.39. The summed E-state index contributed by atoms with van der Waals surface area (Å²) in [5.74, 6) is 1.23. The number of amides is 2. The predicted octanol–water partition coefficient (Wildman–Crippen LogP) is 1.12. The van der Waals surface area contributed by atoms with Crippen molar-refractivity contribution < 1.29 is 9.59 Å². The van der Waals surface area contributed by atoms with Crippen LogP contribution in [0.2, 0.25) is 0 Å². The highest BCUT2D eigenvalue weighted by Crippen LogP contribution is 2.26. The summed E-state index contributed by atoms with van der Waals surface area (Å²) >= 11 is 0. The molecule has 2 fully saturated rings. The number of nitrogens with two attached hydrogens (primary N) is 1. The summed E-state index contributed by atoms with van der Waals surface area (Å²) < 4.78 is 1.94. The van der Waals surface area contributed by atoms with Crippen molar-refractivity contribution in [3.63, 3.8) is 0 Å². The molecular formula is C21H32N8O2. The second-order valence-corrected chi connectivity index (χ2v) is 8.30. The highest BCUT2D eigenvalue weighted by atomic mass is 16.2. The van der Waals surface area contributed by atoms with Crippen molar-refractivity contribution in [1.29, 1.82) is 0 Å². The van der Waals surface area contributed by atoms with Gasteiger partial charge in [-0.2, -0.15) is 9.97 Å². The summed E-state index contributed by atoms with van der Waals surface area (Å²) in [5.41, 5.74) is 7.46. The molecular weight excluding hydrogens is 396 g/mol. The van der Waals surface area contributed by atoms with Crippen LogP contribution in [0.1, 0.15) is 39.5 Å². The lowest BCUT2D eigenvalue weighted by atomic mass is 9.96. The lowest BCUT2D eigenvalue weighted by molar-refractivity contribution is -0.135. The number of aromatic nitrogens is 4. The van der Waals surface area contributed by atoms with E-state index in [9.17, 15) is 9.59 Å². The SMILES string of the molecule is CCN(CC)C(=O)C1CCCN(c2nc(N)c3ncn(CCN4CCCC4=O)c3n2)C1. The van der Waals surface area contributed by atoms with Crippen LogP contribution in [0.25, 0.3) is 11.2 Å². The number of hydrogen-bond donors (Lipinski definition) is 1. The van der Waals surface area contributed by atoms with Gasteiger partial charge < -0.3 is 25.0 Å². The van der Waals surface area contributed by atoms with Gasteiger partial charge in [0.05, 0.1) is 12.2 Å². The number of imidazole rings is 1. The molecule has 0 saturated carbocycles. The maximum absolute atomic E-state index is 12.9. The molecule has 1 unspecified atom stereocenters. The third-order valence-corrected chi connectivity index (χ3v) is 6.39. The number of nitrogen functional groups attached to an aromatic ring is 1. The lowest BCUT2D eigenvalue weighted by Gasteiger charge is -2.34. The van der Waals surface area contributed by atoms with Gasteiger partial charge in [0, 0.05) is 52.2 Å². The Labute approximate surface area is 182 Å². The van der Waals surface area contributed by atoms with Gasteiger partial charge in [0.15, 0.2) is 11.5 Å². The van der Waals surface area contributed by atoms with Gasteiger partial charge >= 0.3 is 0 Å². The Hall–Kier alpha value is -2.91. The van der Waals surface area contributed by atoms with Crippen LogP contribution in [-0.2, 0) is 16.1 Å². The Balaban J connectivity index is 1.53. The van der Waals surface area contributed by atoms with Crippen molar-refractivity contribution >= 4 is 34.7 Å². The van der Waals surface area contributed by atoms with E-state index >= 15 is 0 Å². The maximum Gasteiger partial charge on any atom is 0.229 e. The van der Waals surface area contributed by atoms with Gasteiger partial charge in [0.2, 0.25) is 17.8 Å². The van der Waals surface area contributed by atoms with Gasteiger partial charge in [0.25, 0.3) is 0 Å². The molecule has 2 aliphatic rings. The van der Waals surface area contributed by atoms with Gasteiger partial charge in [-0.25, -0.2) is 4.98 Å². The molecule has 2 amide bonds. The fourth-order valence-electron chi connectivity index (χ4n) is 4.58. The molecule has 0 radical (unpaired) electrons. The normalized spacial score (nSPS) is 19.4. The first-order chi connectivity index (χ1) is 15.0. The summed E-state index contributed by atoms with van der Waals surface area (Å²) in [6.07, 6.45) is 5.06. The summed E-state index contributed by atoms with van der Waals surface area (Å²) in [6.45, 7) is 8.91. The molecule has 168 valence electrons. The van der Waals surface area contributed by atoms with Crippen molar-refractivity contribution in [2.45, 2.75) is 46.1 Å². The molecule has 31 heavy (non-hydrogen) atoms. The summed E-state index contributed by atoms with van der Waals surface area (Å²) in [4.78, 5) is 44.2. The Kier molecular flexibility index (Phi) is 6.24. The number of piperidine rings is 1. The van der Waals surface area contributed by atoms with E-state index in [1.165, 1.54) is 0 Å².